The quantitative estimate of drug-likeness (QED) is 0.542. The molecule has 0 bridgehead atoms. The zero-order valence-electron chi connectivity index (χ0n) is 9.34. The van der Waals surface area contributed by atoms with Gasteiger partial charge in [0.25, 0.3) is 0 Å². The van der Waals surface area contributed by atoms with Crippen LogP contribution in [0.15, 0.2) is 24.3 Å². The smallest absolute Gasteiger partial charge is 0.0406 e. The molecular weight excluding hydrogens is 243 g/mol. The topological polar surface area (TPSA) is 0 Å². The average Bonchev–Trinajstić information content (AvgIpc) is 2.21. The third-order valence-electron chi connectivity index (χ3n) is 2.75. The standard InChI is InChI=1S/C12H18Cl2Si/c1-15(2)12(4-3-9-13)10-5-7-11(14)8-6-10/h5-8,12,15H,3-4,9H2,1-2H3. The maximum Gasteiger partial charge on any atom is 0.0406 e. The maximum absolute atomic E-state index is 5.89. The summed E-state index contributed by atoms with van der Waals surface area (Å²) in [5.41, 5.74) is 2.17. The zero-order chi connectivity index (χ0) is 11.3. The van der Waals surface area contributed by atoms with Gasteiger partial charge < -0.3 is 0 Å². The Bertz CT molecular complexity index is 282. The molecule has 1 atom stereocenters. The van der Waals surface area contributed by atoms with Crippen LogP contribution in [0.2, 0.25) is 18.1 Å². The van der Waals surface area contributed by atoms with Gasteiger partial charge >= 0.3 is 0 Å². The number of halogens is 2. The van der Waals surface area contributed by atoms with Crippen LogP contribution >= 0.6 is 23.2 Å². The minimum absolute atomic E-state index is 0.661. The van der Waals surface area contributed by atoms with Crippen molar-refractivity contribution in [3.05, 3.63) is 34.9 Å². The van der Waals surface area contributed by atoms with E-state index in [9.17, 15) is 0 Å². The summed E-state index contributed by atoms with van der Waals surface area (Å²) in [6.07, 6.45) is 2.33. The molecule has 84 valence electrons. The molecular formula is C12H18Cl2Si. The van der Waals surface area contributed by atoms with Gasteiger partial charge in [-0.15, -0.1) is 11.6 Å². The summed E-state index contributed by atoms with van der Waals surface area (Å²) in [7, 11) is -0.661. The summed E-state index contributed by atoms with van der Waals surface area (Å²) < 4.78 is 0. The van der Waals surface area contributed by atoms with E-state index < -0.39 is 8.80 Å². The van der Waals surface area contributed by atoms with E-state index in [-0.39, 0.29) is 0 Å². The van der Waals surface area contributed by atoms with Crippen molar-refractivity contribution in [2.24, 2.45) is 0 Å². The first-order chi connectivity index (χ1) is 7.15. The summed E-state index contributed by atoms with van der Waals surface area (Å²) in [5, 5.41) is 0.820. The molecule has 0 saturated heterocycles. The highest BCUT2D eigenvalue weighted by atomic mass is 35.5. The number of rotatable bonds is 5. The molecule has 0 saturated carbocycles. The van der Waals surface area contributed by atoms with Gasteiger partial charge in [0.2, 0.25) is 0 Å². The van der Waals surface area contributed by atoms with Gasteiger partial charge in [-0.05, 0) is 36.1 Å². The Labute approximate surface area is 104 Å². The summed E-state index contributed by atoms with van der Waals surface area (Å²) in [4.78, 5) is 0. The predicted molar refractivity (Wildman–Crippen MR) is 73.0 cm³/mol. The molecule has 1 unspecified atom stereocenters. The van der Waals surface area contributed by atoms with Crippen molar-refractivity contribution in [1.29, 1.82) is 0 Å². The van der Waals surface area contributed by atoms with Crippen LogP contribution in [0.3, 0.4) is 0 Å². The summed E-state index contributed by atoms with van der Waals surface area (Å²) >= 11 is 11.6. The van der Waals surface area contributed by atoms with E-state index in [0.29, 0.717) is 0 Å². The lowest BCUT2D eigenvalue weighted by atomic mass is 10.1. The average molecular weight is 261 g/mol. The number of hydrogen-bond acceptors (Lipinski definition) is 0. The Balaban J connectivity index is 2.74. The highest BCUT2D eigenvalue weighted by molar-refractivity contribution is 6.57. The van der Waals surface area contributed by atoms with E-state index >= 15 is 0 Å². The first kappa shape index (κ1) is 13.1. The second kappa shape index (κ2) is 6.57. The molecule has 3 heteroatoms. The van der Waals surface area contributed by atoms with Crippen molar-refractivity contribution in [3.63, 3.8) is 0 Å². The molecule has 15 heavy (non-hydrogen) atoms. The molecule has 0 fully saturated rings. The Morgan fingerprint density at radius 3 is 2.27 bits per heavy atom. The van der Waals surface area contributed by atoms with Crippen LogP contribution in [0.25, 0.3) is 0 Å². The van der Waals surface area contributed by atoms with E-state index in [1.54, 1.807) is 0 Å². The van der Waals surface area contributed by atoms with Crippen molar-refractivity contribution in [1.82, 2.24) is 0 Å². The van der Waals surface area contributed by atoms with E-state index in [4.69, 9.17) is 23.2 Å². The normalized spacial score (nSPS) is 13.1. The predicted octanol–water partition coefficient (Wildman–Crippen LogP) is 4.47. The molecule has 0 aliphatic carbocycles. The van der Waals surface area contributed by atoms with Crippen LogP contribution in [-0.4, -0.2) is 14.7 Å². The number of benzene rings is 1. The Kier molecular flexibility index (Phi) is 5.73. The minimum Gasteiger partial charge on any atom is -0.127 e. The van der Waals surface area contributed by atoms with Crippen LogP contribution in [0.4, 0.5) is 0 Å². The maximum atomic E-state index is 5.89. The van der Waals surface area contributed by atoms with E-state index in [2.05, 4.69) is 25.2 Å². The van der Waals surface area contributed by atoms with Crippen LogP contribution in [-0.2, 0) is 0 Å². The number of hydrogen-bond donors (Lipinski definition) is 0. The van der Waals surface area contributed by atoms with Gasteiger partial charge in [-0.25, -0.2) is 0 Å². The van der Waals surface area contributed by atoms with Gasteiger partial charge in [-0.1, -0.05) is 36.8 Å². The van der Waals surface area contributed by atoms with Gasteiger partial charge in [-0.3, -0.25) is 0 Å². The molecule has 0 aliphatic heterocycles. The Morgan fingerprint density at radius 1 is 1.20 bits per heavy atom. The third-order valence-corrected chi connectivity index (χ3v) is 5.60. The van der Waals surface area contributed by atoms with Crippen LogP contribution < -0.4 is 0 Å². The Morgan fingerprint density at radius 2 is 1.80 bits per heavy atom. The molecule has 0 aromatic heterocycles. The van der Waals surface area contributed by atoms with Crippen molar-refractivity contribution in [2.45, 2.75) is 31.5 Å². The molecule has 0 nitrogen and oxygen atoms in total. The second-order valence-corrected chi connectivity index (χ2v) is 8.34. The highest BCUT2D eigenvalue weighted by Crippen LogP contribution is 2.25. The summed E-state index contributed by atoms with van der Waals surface area (Å²) in [6, 6.07) is 8.30. The fourth-order valence-electron chi connectivity index (χ4n) is 1.89. The summed E-state index contributed by atoms with van der Waals surface area (Å²) in [5.74, 6) is 0.769. The first-order valence-electron chi connectivity index (χ1n) is 5.46. The SMILES string of the molecule is C[SiH](C)C(CCCCl)c1ccc(Cl)cc1. The van der Waals surface area contributed by atoms with Crippen molar-refractivity contribution in [2.75, 3.05) is 5.88 Å². The molecule has 0 amide bonds. The molecule has 1 aromatic rings. The van der Waals surface area contributed by atoms with Gasteiger partial charge in [-0.2, -0.15) is 0 Å². The van der Waals surface area contributed by atoms with E-state index in [1.165, 1.54) is 12.0 Å². The molecule has 0 N–H and O–H groups in total. The lowest BCUT2D eigenvalue weighted by Crippen LogP contribution is -2.16. The first-order valence-corrected chi connectivity index (χ1v) is 9.35. The molecule has 1 rings (SSSR count). The van der Waals surface area contributed by atoms with Gasteiger partial charge in [0, 0.05) is 19.7 Å². The molecule has 0 aliphatic rings. The molecule has 0 spiro atoms. The fraction of sp³-hybridized carbons (Fsp3) is 0.500. The van der Waals surface area contributed by atoms with Crippen molar-refractivity contribution >= 4 is 32.0 Å². The molecule has 1 aromatic carbocycles. The van der Waals surface area contributed by atoms with Crippen molar-refractivity contribution in [3.8, 4) is 0 Å². The van der Waals surface area contributed by atoms with Crippen molar-refractivity contribution < 1.29 is 0 Å². The zero-order valence-corrected chi connectivity index (χ0v) is 12.0. The Hall–Kier alpha value is 0.0169. The van der Waals surface area contributed by atoms with Gasteiger partial charge in [0.05, 0.1) is 0 Å². The fourth-order valence-corrected chi connectivity index (χ4v) is 4.07. The monoisotopic (exact) mass is 260 g/mol. The minimum atomic E-state index is -0.661. The largest absolute Gasteiger partial charge is 0.127 e. The number of alkyl halides is 1. The highest BCUT2D eigenvalue weighted by Gasteiger charge is 2.15. The molecule has 0 heterocycles. The second-order valence-electron chi connectivity index (χ2n) is 4.23. The third kappa shape index (κ3) is 4.18. The van der Waals surface area contributed by atoms with Gasteiger partial charge in [0.1, 0.15) is 0 Å². The van der Waals surface area contributed by atoms with Gasteiger partial charge in [0.15, 0.2) is 0 Å². The van der Waals surface area contributed by atoms with Crippen LogP contribution in [0, 0.1) is 0 Å². The van der Waals surface area contributed by atoms with Crippen LogP contribution in [0.5, 0.6) is 0 Å². The lowest BCUT2D eigenvalue weighted by Gasteiger charge is -2.20. The van der Waals surface area contributed by atoms with E-state index in [1.807, 2.05) is 12.1 Å². The summed E-state index contributed by atoms with van der Waals surface area (Å²) in [6.45, 7) is 4.79. The van der Waals surface area contributed by atoms with Crippen LogP contribution in [0.1, 0.15) is 23.9 Å². The van der Waals surface area contributed by atoms with E-state index in [0.717, 1.165) is 22.9 Å². The molecule has 0 radical (unpaired) electrons. The lowest BCUT2D eigenvalue weighted by molar-refractivity contribution is 0.760.